The molecule has 2 fully saturated rings. The highest BCUT2D eigenvalue weighted by atomic mass is 19.1. The van der Waals surface area contributed by atoms with Crippen LogP contribution in [0, 0.1) is 11.7 Å². The minimum absolute atomic E-state index is 0.113. The first-order valence-electron chi connectivity index (χ1n) is 8.09. The minimum Gasteiger partial charge on any atom is -0.394 e. The second kappa shape index (κ2) is 6.45. The summed E-state index contributed by atoms with van der Waals surface area (Å²) >= 11 is 0. The van der Waals surface area contributed by atoms with Crippen LogP contribution in [0.3, 0.4) is 0 Å². The number of carbonyl (C=O) groups is 1. The fourth-order valence-corrected chi connectivity index (χ4v) is 3.03. The Hall–Kier alpha value is -1.66. The van der Waals surface area contributed by atoms with Gasteiger partial charge in [0.05, 0.1) is 31.0 Å². The lowest BCUT2D eigenvalue weighted by atomic mass is 9.96. The van der Waals surface area contributed by atoms with Crippen LogP contribution >= 0.6 is 0 Å². The van der Waals surface area contributed by atoms with Crippen molar-refractivity contribution in [2.75, 3.05) is 37.8 Å². The SMILES string of the molecule is CC(CO)(NC(=O)c1ccc(N2CCOCC2)c(F)c1)C1CC1. The molecule has 1 saturated heterocycles. The lowest BCUT2D eigenvalue weighted by molar-refractivity contribution is 0.0824. The Labute approximate surface area is 135 Å². The molecule has 0 aromatic heterocycles. The van der Waals surface area contributed by atoms with Crippen LogP contribution in [0.1, 0.15) is 30.1 Å². The van der Waals surface area contributed by atoms with E-state index in [4.69, 9.17) is 4.74 Å². The minimum atomic E-state index is -0.629. The number of amides is 1. The molecule has 3 rings (SSSR count). The van der Waals surface area contributed by atoms with Gasteiger partial charge in [-0.05, 0) is 43.9 Å². The summed E-state index contributed by atoms with van der Waals surface area (Å²) in [5.41, 5.74) is 0.146. The number of rotatable bonds is 5. The van der Waals surface area contributed by atoms with Crippen LogP contribution in [0.5, 0.6) is 0 Å². The van der Waals surface area contributed by atoms with E-state index in [1.807, 2.05) is 11.8 Å². The largest absolute Gasteiger partial charge is 0.394 e. The molecule has 23 heavy (non-hydrogen) atoms. The van der Waals surface area contributed by atoms with E-state index in [1.54, 1.807) is 12.1 Å². The van der Waals surface area contributed by atoms with Crippen LogP contribution in [0.4, 0.5) is 10.1 Å². The van der Waals surface area contributed by atoms with Gasteiger partial charge in [0.2, 0.25) is 0 Å². The molecule has 1 aromatic carbocycles. The van der Waals surface area contributed by atoms with Gasteiger partial charge in [0.15, 0.2) is 0 Å². The van der Waals surface area contributed by atoms with Gasteiger partial charge >= 0.3 is 0 Å². The molecule has 2 N–H and O–H groups in total. The van der Waals surface area contributed by atoms with Crippen LogP contribution in [0.15, 0.2) is 18.2 Å². The number of hydrogen-bond donors (Lipinski definition) is 2. The number of hydrogen-bond acceptors (Lipinski definition) is 4. The highest BCUT2D eigenvalue weighted by molar-refractivity contribution is 5.95. The van der Waals surface area contributed by atoms with Gasteiger partial charge in [0.1, 0.15) is 5.82 Å². The molecule has 1 aliphatic heterocycles. The van der Waals surface area contributed by atoms with Crippen LogP contribution in [-0.4, -0.2) is 49.5 Å². The van der Waals surface area contributed by atoms with Crippen molar-refractivity contribution in [3.8, 4) is 0 Å². The number of aliphatic hydroxyl groups excluding tert-OH is 1. The predicted octanol–water partition coefficient (Wildman–Crippen LogP) is 1.55. The highest BCUT2D eigenvalue weighted by Crippen LogP contribution is 2.39. The number of carbonyl (C=O) groups excluding carboxylic acids is 1. The van der Waals surface area contributed by atoms with E-state index in [1.165, 1.54) is 6.07 Å². The van der Waals surface area contributed by atoms with Crippen molar-refractivity contribution in [2.24, 2.45) is 5.92 Å². The number of nitrogens with zero attached hydrogens (tertiary/aromatic N) is 1. The Balaban J connectivity index is 1.72. The summed E-state index contributed by atoms with van der Waals surface area (Å²) in [6.45, 7) is 4.17. The fourth-order valence-electron chi connectivity index (χ4n) is 3.03. The Morgan fingerprint density at radius 1 is 1.43 bits per heavy atom. The van der Waals surface area contributed by atoms with Crippen LogP contribution in [0.2, 0.25) is 0 Å². The number of halogens is 1. The van der Waals surface area contributed by atoms with E-state index in [0.29, 0.717) is 37.9 Å². The zero-order valence-electron chi connectivity index (χ0n) is 13.3. The predicted molar refractivity (Wildman–Crippen MR) is 85.1 cm³/mol. The summed E-state index contributed by atoms with van der Waals surface area (Å²) in [4.78, 5) is 14.3. The van der Waals surface area contributed by atoms with Crippen molar-refractivity contribution in [1.82, 2.24) is 5.32 Å². The monoisotopic (exact) mass is 322 g/mol. The van der Waals surface area contributed by atoms with Gasteiger partial charge in [0.25, 0.3) is 5.91 Å². The van der Waals surface area contributed by atoms with Gasteiger partial charge in [0, 0.05) is 18.7 Å². The summed E-state index contributed by atoms with van der Waals surface area (Å²) in [6, 6.07) is 4.54. The summed E-state index contributed by atoms with van der Waals surface area (Å²) in [5.74, 6) is -0.452. The summed E-state index contributed by atoms with van der Waals surface area (Å²) in [5, 5.41) is 12.4. The molecular weight excluding hydrogens is 299 g/mol. The number of nitrogens with one attached hydrogen (secondary N) is 1. The number of benzene rings is 1. The zero-order chi connectivity index (χ0) is 16.4. The number of ether oxygens (including phenoxy) is 1. The molecule has 1 aliphatic carbocycles. The van der Waals surface area contributed by atoms with Gasteiger partial charge in [-0.1, -0.05) is 0 Å². The van der Waals surface area contributed by atoms with Crippen molar-refractivity contribution in [3.63, 3.8) is 0 Å². The smallest absolute Gasteiger partial charge is 0.251 e. The average molecular weight is 322 g/mol. The van der Waals surface area contributed by atoms with Gasteiger partial charge in [-0.15, -0.1) is 0 Å². The zero-order valence-corrected chi connectivity index (χ0v) is 13.3. The van der Waals surface area contributed by atoms with Crippen molar-refractivity contribution in [2.45, 2.75) is 25.3 Å². The molecule has 6 heteroatoms. The molecule has 1 unspecified atom stereocenters. The van der Waals surface area contributed by atoms with Crippen molar-refractivity contribution in [3.05, 3.63) is 29.6 Å². The van der Waals surface area contributed by atoms with E-state index in [0.717, 1.165) is 12.8 Å². The quantitative estimate of drug-likeness (QED) is 0.863. The molecular formula is C17H23FN2O3. The van der Waals surface area contributed by atoms with E-state index in [2.05, 4.69) is 5.32 Å². The Morgan fingerprint density at radius 3 is 2.70 bits per heavy atom. The van der Waals surface area contributed by atoms with Crippen molar-refractivity contribution in [1.29, 1.82) is 0 Å². The van der Waals surface area contributed by atoms with Gasteiger partial charge in [-0.25, -0.2) is 4.39 Å². The summed E-state index contributed by atoms with van der Waals surface area (Å²) in [7, 11) is 0. The molecule has 0 bridgehead atoms. The molecule has 1 amide bonds. The lowest BCUT2D eigenvalue weighted by Crippen LogP contribution is -2.50. The fraction of sp³-hybridized carbons (Fsp3) is 0.588. The maximum atomic E-state index is 14.4. The first-order chi connectivity index (χ1) is 11.0. The van der Waals surface area contributed by atoms with Crippen LogP contribution < -0.4 is 10.2 Å². The first-order valence-corrected chi connectivity index (χ1v) is 8.09. The third-order valence-electron chi connectivity index (χ3n) is 4.77. The third kappa shape index (κ3) is 3.48. The van der Waals surface area contributed by atoms with Crippen molar-refractivity contribution >= 4 is 11.6 Å². The normalized spacial score (nSPS) is 20.9. The number of anilines is 1. The maximum Gasteiger partial charge on any atom is 0.251 e. The third-order valence-corrected chi connectivity index (χ3v) is 4.77. The second-order valence-corrected chi connectivity index (χ2v) is 6.57. The molecule has 5 nitrogen and oxygen atoms in total. The van der Waals surface area contributed by atoms with E-state index < -0.39 is 11.4 Å². The number of morpholine rings is 1. The van der Waals surface area contributed by atoms with Crippen molar-refractivity contribution < 1.29 is 19.0 Å². The molecule has 1 heterocycles. The first kappa shape index (κ1) is 16.2. The highest BCUT2D eigenvalue weighted by Gasteiger charge is 2.42. The molecule has 0 spiro atoms. The van der Waals surface area contributed by atoms with Crippen LogP contribution in [-0.2, 0) is 4.74 Å². The summed E-state index contributed by atoms with van der Waals surface area (Å²) in [6.07, 6.45) is 2.00. The average Bonchev–Trinajstić information content (AvgIpc) is 3.41. The molecule has 126 valence electrons. The van der Waals surface area contributed by atoms with E-state index in [9.17, 15) is 14.3 Å². The maximum absolute atomic E-state index is 14.4. The van der Waals surface area contributed by atoms with Crippen LogP contribution in [0.25, 0.3) is 0 Å². The molecule has 0 radical (unpaired) electrons. The van der Waals surface area contributed by atoms with Gasteiger partial charge in [-0.2, -0.15) is 0 Å². The number of aliphatic hydroxyl groups is 1. The van der Waals surface area contributed by atoms with Gasteiger partial charge in [-0.3, -0.25) is 4.79 Å². The molecule has 1 atom stereocenters. The standard InChI is InChI=1S/C17H23FN2O3/c1-17(11-21,13-3-4-13)19-16(22)12-2-5-15(14(18)10-12)20-6-8-23-9-7-20/h2,5,10,13,21H,3-4,6-9,11H2,1H3,(H,19,22). The van der Waals surface area contributed by atoms with E-state index in [-0.39, 0.29) is 18.1 Å². The molecule has 2 aliphatic rings. The molecule has 1 saturated carbocycles. The Morgan fingerprint density at radius 2 is 2.13 bits per heavy atom. The Kier molecular flexibility index (Phi) is 4.55. The topological polar surface area (TPSA) is 61.8 Å². The van der Waals surface area contributed by atoms with Gasteiger partial charge < -0.3 is 20.1 Å². The Bertz CT molecular complexity index is 585. The summed E-state index contributed by atoms with van der Waals surface area (Å²) < 4.78 is 19.6. The molecule has 1 aromatic rings. The van der Waals surface area contributed by atoms with E-state index >= 15 is 0 Å². The second-order valence-electron chi connectivity index (χ2n) is 6.57. The lowest BCUT2D eigenvalue weighted by Gasteiger charge is -2.30.